The number of aliphatic hydroxyl groups excluding tert-OH is 1. The van der Waals surface area contributed by atoms with Gasteiger partial charge < -0.3 is 35.4 Å². The van der Waals surface area contributed by atoms with Crippen molar-refractivity contribution in [2.45, 2.75) is 6.23 Å². The van der Waals surface area contributed by atoms with E-state index in [1.165, 1.54) is 26.4 Å². The summed E-state index contributed by atoms with van der Waals surface area (Å²) in [7, 11) is 3.01. The van der Waals surface area contributed by atoms with Crippen molar-refractivity contribution in [3.05, 3.63) is 71.4 Å². The number of aromatic nitrogens is 4. The molecule has 0 spiro atoms. The summed E-state index contributed by atoms with van der Waals surface area (Å²) in [6, 6.07) is 6.67. The third-order valence-electron chi connectivity index (χ3n) is 7.37. The molecule has 1 aliphatic rings. The van der Waals surface area contributed by atoms with Crippen LogP contribution in [0, 0.1) is 5.82 Å². The molecular formula is C30H29Cl2FN8O3. The number of nitrogens with zero attached hydrogens (tertiary/aromatic N) is 5. The molecule has 5 aromatic rings. The van der Waals surface area contributed by atoms with Crippen molar-refractivity contribution >= 4 is 62.9 Å². The molecule has 11 nitrogen and oxygen atoms in total. The molecule has 1 saturated heterocycles. The van der Waals surface area contributed by atoms with Crippen LogP contribution in [0.1, 0.15) is 0 Å². The van der Waals surface area contributed by atoms with E-state index in [4.69, 9.17) is 37.7 Å². The fraction of sp³-hybridized carbons (Fsp3) is 0.233. The van der Waals surface area contributed by atoms with Crippen LogP contribution < -0.4 is 30.3 Å². The van der Waals surface area contributed by atoms with Crippen LogP contribution in [0.2, 0.25) is 10.0 Å². The molecule has 2 aromatic carbocycles. The van der Waals surface area contributed by atoms with E-state index < -0.39 is 12.0 Å². The number of ether oxygens (including phenoxy) is 2. The lowest BCUT2D eigenvalue weighted by Gasteiger charge is -2.30. The maximum absolute atomic E-state index is 15.7. The maximum Gasteiger partial charge on any atom is 0.229 e. The molecule has 228 valence electrons. The minimum Gasteiger partial charge on any atom is -0.495 e. The standard InChI is InChI=1S/C30H29Cl2FN8O3/c1-4-23(42)37-20-13-17(40-8-5-34-6-9-40)12-19(33)27(20)38-30-36-15-16-11-18(29-35-7-10-41(29)28(16)39-30)24-25(31)21(43-2)14-22(44-3)26(24)32/h4,7,10-15,23,34,37,42H,1,5-6,8-9H2,2-3H3,(H,36,38,39). The normalized spacial score (nSPS) is 14.1. The van der Waals surface area contributed by atoms with E-state index in [1.54, 1.807) is 35.1 Å². The number of nitrogens with one attached hydrogen (secondary N) is 3. The first-order chi connectivity index (χ1) is 21.3. The summed E-state index contributed by atoms with van der Waals surface area (Å²) in [6.07, 6.45) is 5.18. The summed E-state index contributed by atoms with van der Waals surface area (Å²) < 4.78 is 28.4. The Labute approximate surface area is 262 Å². The van der Waals surface area contributed by atoms with Gasteiger partial charge in [0.05, 0.1) is 30.0 Å². The van der Waals surface area contributed by atoms with Crippen molar-refractivity contribution < 1.29 is 19.0 Å². The highest BCUT2D eigenvalue weighted by Crippen LogP contribution is 2.47. The molecule has 1 aliphatic heterocycles. The van der Waals surface area contributed by atoms with Crippen LogP contribution in [0.5, 0.6) is 11.5 Å². The van der Waals surface area contributed by atoms with Crippen molar-refractivity contribution in [3.63, 3.8) is 0 Å². The van der Waals surface area contributed by atoms with E-state index in [0.29, 0.717) is 60.7 Å². The molecule has 1 atom stereocenters. The molecule has 0 amide bonds. The minimum absolute atomic E-state index is 0.0738. The number of pyridine rings is 1. The fourth-order valence-electron chi connectivity index (χ4n) is 5.21. The quantitative estimate of drug-likeness (QED) is 0.122. The molecule has 4 N–H and O–H groups in total. The number of halogens is 3. The molecule has 44 heavy (non-hydrogen) atoms. The van der Waals surface area contributed by atoms with E-state index in [9.17, 15) is 5.11 Å². The molecule has 1 unspecified atom stereocenters. The van der Waals surface area contributed by atoms with Crippen LogP contribution in [0.15, 0.2) is 55.5 Å². The third kappa shape index (κ3) is 5.41. The number of piperazine rings is 1. The number of methoxy groups -OCH3 is 2. The Kier molecular flexibility index (Phi) is 8.32. The van der Waals surface area contributed by atoms with E-state index in [-0.39, 0.29) is 11.6 Å². The van der Waals surface area contributed by atoms with Gasteiger partial charge in [0.25, 0.3) is 0 Å². The van der Waals surface area contributed by atoms with Crippen LogP contribution in [0.4, 0.5) is 27.4 Å². The highest BCUT2D eigenvalue weighted by Gasteiger charge is 2.23. The molecule has 0 bridgehead atoms. The zero-order chi connectivity index (χ0) is 31.0. The number of fused-ring (bicyclic) bond motifs is 3. The van der Waals surface area contributed by atoms with Gasteiger partial charge >= 0.3 is 0 Å². The summed E-state index contributed by atoms with van der Waals surface area (Å²) in [4.78, 5) is 15.8. The Hall–Kier alpha value is -4.36. The Bertz CT molecular complexity index is 1850. The Morgan fingerprint density at radius 1 is 1.07 bits per heavy atom. The maximum atomic E-state index is 15.7. The first-order valence-electron chi connectivity index (χ1n) is 13.7. The van der Waals surface area contributed by atoms with E-state index in [1.807, 2.05) is 6.07 Å². The van der Waals surface area contributed by atoms with Gasteiger partial charge in [-0.25, -0.2) is 14.4 Å². The predicted octanol–water partition coefficient (Wildman–Crippen LogP) is 5.48. The van der Waals surface area contributed by atoms with E-state index in [2.05, 4.69) is 37.4 Å². The van der Waals surface area contributed by atoms with Crippen molar-refractivity contribution in [3.8, 4) is 22.6 Å². The number of aliphatic hydroxyl groups is 1. The average Bonchev–Trinajstić information content (AvgIpc) is 3.54. The second kappa shape index (κ2) is 12.3. The van der Waals surface area contributed by atoms with E-state index >= 15 is 4.39 Å². The SMILES string of the molecule is C=CC(O)Nc1cc(N2CCNCC2)cc(F)c1Nc1ncc2cc(-c3c(Cl)c(OC)cc(OC)c3Cl)c3nccn3c2n1. The summed E-state index contributed by atoms with van der Waals surface area (Å²) in [6.45, 7) is 6.65. The van der Waals surface area contributed by atoms with Gasteiger partial charge in [-0.1, -0.05) is 29.8 Å². The molecular weight excluding hydrogens is 610 g/mol. The third-order valence-corrected chi connectivity index (χ3v) is 8.12. The summed E-state index contributed by atoms with van der Waals surface area (Å²) in [5, 5.41) is 20.7. The summed E-state index contributed by atoms with van der Waals surface area (Å²) >= 11 is 13.5. The number of hydrogen-bond donors (Lipinski definition) is 4. The molecule has 0 saturated carbocycles. The largest absolute Gasteiger partial charge is 0.495 e. The van der Waals surface area contributed by atoms with Crippen molar-refractivity contribution in [1.29, 1.82) is 0 Å². The zero-order valence-corrected chi connectivity index (χ0v) is 25.4. The number of imidazole rings is 1. The van der Waals surface area contributed by atoms with Gasteiger partial charge in [0, 0.05) is 73.0 Å². The van der Waals surface area contributed by atoms with Crippen LogP contribution in [0.3, 0.4) is 0 Å². The predicted molar refractivity (Wildman–Crippen MR) is 171 cm³/mol. The highest BCUT2D eigenvalue weighted by molar-refractivity contribution is 6.41. The molecule has 3 aromatic heterocycles. The first kappa shape index (κ1) is 29.7. The van der Waals surface area contributed by atoms with Crippen molar-refractivity contribution in [2.75, 3.05) is 55.9 Å². The van der Waals surface area contributed by atoms with Crippen molar-refractivity contribution in [1.82, 2.24) is 24.7 Å². The fourth-order valence-corrected chi connectivity index (χ4v) is 5.91. The molecule has 0 aliphatic carbocycles. The smallest absolute Gasteiger partial charge is 0.229 e. The van der Waals surface area contributed by atoms with Crippen molar-refractivity contribution in [2.24, 2.45) is 0 Å². The lowest BCUT2D eigenvalue weighted by molar-refractivity contribution is 0.253. The second-order valence-corrected chi connectivity index (χ2v) is 10.7. The Balaban J connectivity index is 1.44. The number of rotatable bonds is 9. The monoisotopic (exact) mass is 638 g/mol. The van der Waals surface area contributed by atoms with Gasteiger partial charge in [0.1, 0.15) is 29.1 Å². The number of hydrogen-bond acceptors (Lipinski definition) is 10. The van der Waals surface area contributed by atoms with Crippen LogP contribution in [-0.2, 0) is 0 Å². The Morgan fingerprint density at radius 3 is 2.48 bits per heavy atom. The lowest BCUT2D eigenvalue weighted by atomic mass is 10.0. The van der Waals surface area contributed by atoms with E-state index in [0.717, 1.165) is 26.2 Å². The van der Waals surface area contributed by atoms with Crippen LogP contribution in [-0.4, -0.2) is 71.1 Å². The molecule has 6 rings (SSSR count). The topological polar surface area (TPSA) is 121 Å². The molecule has 14 heteroatoms. The molecule has 4 heterocycles. The van der Waals surface area contributed by atoms with Gasteiger partial charge in [-0.3, -0.25) is 4.40 Å². The van der Waals surface area contributed by atoms with Crippen LogP contribution >= 0.6 is 23.2 Å². The van der Waals surface area contributed by atoms with Gasteiger partial charge in [-0.15, -0.1) is 0 Å². The van der Waals surface area contributed by atoms with Crippen LogP contribution in [0.25, 0.3) is 27.8 Å². The summed E-state index contributed by atoms with van der Waals surface area (Å²) in [5.74, 6) is 0.367. The minimum atomic E-state index is -1.11. The zero-order valence-electron chi connectivity index (χ0n) is 23.9. The van der Waals surface area contributed by atoms with Gasteiger partial charge in [0.15, 0.2) is 11.5 Å². The highest BCUT2D eigenvalue weighted by atomic mass is 35.5. The first-order valence-corrected chi connectivity index (χ1v) is 14.4. The van der Waals surface area contributed by atoms with Gasteiger partial charge in [-0.2, -0.15) is 4.98 Å². The van der Waals surface area contributed by atoms with Gasteiger partial charge in [-0.05, 0) is 24.3 Å². The molecule has 1 fully saturated rings. The Morgan fingerprint density at radius 2 is 1.80 bits per heavy atom. The second-order valence-electron chi connectivity index (χ2n) is 9.97. The number of benzene rings is 2. The summed E-state index contributed by atoms with van der Waals surface area (Å²) in [5.41, 5.74) is 3.20. The van der Waals surface area contributed by atoms with Gasteiger partial charge in [0.2, 0.25) is 5.95 Å². The number of anilines is 4. The lowest BCUT2D eigenvalue weighted by Crippen LogP contribution is -2.43. The average molecular weight is 640 g/mol. The molecule has 0 radical (unpaired) electrons.